The first-order valence-electron chi connectivity index (χ1n) is 9.14. The number of piperazine rings is 1. The zero-order valence-electron chi connectivity index (χ0n) is 14.5. The van der Waals surface area contributed by atoms with E-state index in [1.54, 1.807) is 9.80 Å². The highest BCUT2D eigenvalue weighted by atomic mass is 79.9. The summed E-state index contributed by atoms with van der Waals surface area (Å²) in [6.07, 6.45) is 1.46. The summed E-state index contributed by atoms with van der Waals surface area (Å²) in [5, 5.41) is 9.81. The van der Waals surface area contributed by atoms with Crippen LogP contribution in [0.3, 0.4) is 0 Å². The smallest absolute Gasteiger partial charge is 0.242 e. The van der Waals surface area contributed by atoms with Crippen LogP contribution in [-0.4, -0.2) is 71.7 Å². The Hall–Kier alpha value is -1.44. The van der Waals surface area contributed by atoms with Crippen molar-refractivity contribution in [3.63, 3.8) is 0 Å². The molecule has 140 valence electrons. The molecule has 4 rings (SSSR count). The number of halogens is 1. The van der Waals surface area contributed by atoms with Crippen molar-refractivity contribution in [2.24, 2.45) is 5.92 Å². The number of amides is 2. The van der Waals surface area contributed by atoms with Crippen molar-refractivity contribution in [2.75, 3.05) is 32.9 Å². The Morgan fingerprint density at radius 2 is 1.92 bits per heavy atom. The second kappa shape index (κ2) is 7.29. The topological polar surface area (TPSA) is 70.1 Å². The minimum atomic E-state index is -0.200. The van der Waals surface area contributed by atoms with Gasteiger partial charge in [-0.15, -0.1) is 0 Å². The molecule has 26 heavy (non-hydrogen) atoms. The molecule has 0 radical (unpaired) electrons. The van der Waals surface area contributed by atoms with Gasteiger partial charge in [0.15, 0.2) is 0 Å². The van der Waals surface area contributed by atoms with Crippen LogP contribution in [0.15, 0.2) is 28.7 Å². The molecule has 3 aliphatic rings. The number of hydrogen-bond acceptors (Lipinski definition) is 4. The number of nitrogens with zero attached hydrogens (tertiary/aromatic N) is 2. The van der Waals surface area contributed by atoms with E-state index >= 15 is 0 Å². The molecule has 1 aromatic rings. The maximum atomic E-state index is 12.9. The van der Waals surface area contributed by atoms with Crippen molar-refractivity contribution in [1.82, 2.24) is 9.80 Å². The van der Waals surface area contributed by atoms with E-state index in [1.165, 1.54) is 0 Å². The third-order valence-electron chi connectivity index (χ3n) is 5.89. The quantitative estimate of drug-likeness (QED) is 0.798. The lowest BCUT2D eigenvalue weighted by Crippen LogP contribution is -2.73. The normalized spacial score (nSPS) is 29.3. The summed E-state index contributed by atoms with van der Waals surface area (Å²) in [6, 6.07) is 7.74. The highest BCUT2D eigenvalue weighted by Crippen LogP contribution is 2.43. The molecule has 3 heterocycles. The number of ether oxygens (including phenoxy) is 1. The predicted molar refractivity (Wildman–Crippen MR) is 98.5 cm³/mol. The van der Waals surface area contributed by atoms with Crippen LogP contribution in [0, 0.1) is 5.92 Å². The number of carbonyl (C=O) groups excluding carboxylic acids is 2. The Balaban J connectivity index is 1.53. The van der Waals surface area contributed by atoms with E-state index in [4.69, 9.17) is 4.74 Å². The van der Waals surface area contributed by atoms with Crippen LogP contribution in [-0.2, 0) is 14.3 Å². The second-order valence-corrected chi connectivity index (χ2v) is 8.22. The molecule has 3 saturated heterocycles. The van der Waals surface area contributed by atoms with E-state index in [0.717, 1.165) is 22.9 Å². The van der Waals surface area contributed by atoms with Gasteiger partial charge in [-0.1, -0.05) is 28.1 Å². The zero-order valence-corrected chi connectivity index (χ0v) is 16.1. The number of fused-ring (bicyclic) bond motifs is 1. The Morgan fingerprint density at radius 3 is 2.58 bits per heavy atom. The molecule has 0 spiro atoms. The molecule has 3 aliphatic heterocycles. The van der Waals surface area contributed by atoms with E-state index < -0.39 is 0 Å². The minimum absolute atomic E-state index is 0.0389. The van der Waals surface area contributed by atoms with E-state index in [1.807, 2.05) is 24.3 Å². The fourth-order valence-electron chi connectivity index (χ4n) is 4.56. The molecule has 0 saturated carbocycles. The maximum absolute atomic E-state index is 12.9. The molecule has 7 heteroatoms. The van der Waals surface area contributed by atoms with Gasteiger partial charge in [0.1, 0.15) is 0 Å². The summed E-state index contributed by atoms with van der Waals surface area (Å²) in [5.41, 5.74) is 1.10. The lowest BCUT2D eigenvalue weighted by molar-refractivity contribution is -0.169. The number of aliphatic hydroxyl groups excluding tert-OH is 1. The summed E-state index contributed by atoms with van der Waals surface area (Å²) in [7, 11) is 0. The molecule has 0 unspecified atom stereocenters. The number of benzene rings is 1. The van der Waals surface area contributed by atoms with Crippen molar-refractivity contribution in [2.45, 2.75) is 30.8 Å². The van der Waals surface area contributed by atoms with Gasteiger partial charge in [0.25, 0.3) is 0 Å². The lowest BCUT2D eigenvalue weighted by atomic mass is 9.73. The summed E-state index contributed by atoms with van der Waals surface area (Å²) in [6.45, 7) is 1.83. The fraction of sp³-hybridized carbons (Fsp3) is 0.579. The number of carbonyl (C=O) groups is 2. The third-order valence-corrected chi connectivity index (χ3v) is 6.42. The summed E-state index contributed by atoms with van der Waals surface area (Å²) < 4.78 is 6.34. The second-order valence-electron chi connectivity index (χ2n) is 7.30. The molecule has 0 bridgehead atoms. The molecule has 6 nitrogen and oxygen atoms in total. The first kappa shape index (κ1) is 17.9. The number of aliphatic hydroxyl groups is 1. The van der Waals surface area contributed by atoms with Gasteiger partial charge in [-0.05, 0) is 30.5 Å². The van der Waals surface area contributed by atoms with Crippen LogP contribution in [0.1, 0.15) is 24.3 Å². The first-order valence-corrected chi connectivity index (χ1v) is 9.93. The summed E-state index contributed by atoms with van der Waals surface area (Å²) in [4.78, 5) is 29.0. The minimum Gasteiger partial charge on any atom is -0.394 e. The van der Waals surface area contributed by atoms with Crippen molar-refractivity contribution in [3.8, 4) is 0 Å². The molecule has 1 N–H and O–H groups in total. The molecular formula is C19H23BrN2O4. The first-order chi connectivity index (χ1) is 12.6. The zero-order chi connectivity index (χ0) is 18.3. The molecule has 0 aromatic heterocycles. The van der Waals surface area contributed by atoms with Gasteiger partial charge in [0.2, 0.25) is 11.8 Å². The van der Waals surface area contributed by atoms with Crippen molar-refractivity contribution in [3.05, 3.63) is 34.3 Å². The average Bonchev–Trinajstić information content (AvgIpc) is 2.65. The summed E-state index contributed by atoms with van der Waals surface area (Å²) >= 11 is 3.44. The predicted octanol–water partition coefficient (Wildman–Crippen LogP) is 1.37. The standard InChI is InChI=1S/C19H23BrN2O4/c20-14-3-1-12(2-4-14)18-15-9-21(10-17(24)22(15)16(18)11-23)19(25)13-5-7-26-8-6-13/h1-4,13,15-16,18,23H,5-11H2/t15-,16+,18+/m0/s1. The van der Waals surface area contributed by atoms with Crippen LogP contribution < -0.4 is 0 Å². The Labute approximate surface area is 161 Å². The van der Waals surface area contributed by atoms with E-state index in [2.05, 4.69) is 15.9 Å². The van der Waals surface area contributed by atoms with Gasteiger partial charge < -0.3 is 19.6 Å². The van der Waals surface area contributed by atoms with E-state index in [0.29, 0.717) is 19.8 Å². The highest BCUT2D eigenvalue weighted by Gasteiger charge is 2.54. The Kier molecular flexibility index (Phi) is 5.03. The molecule has 3 atom stereocenters. The van der Waals surface area contributed by atoms with E-state index in [9.17, 15) is 14.7 Å². The van der Waals surface area contributed by atoms with Crippen LogP contribution in [0.25, 0.3) is 0 Å². The molecule has 0 aliphatic carbocycles. The van der Waals surface area contributed by atoms with Gasteiger partial charge in [-0.25, -0.2) is 0 Å². The average molecular weight is 423 g/mol. The van der Waals surface area contributed by atoms with Crippen molar-refractivity contribution < 1.29 is 19.4 Å². The highest BCUT2D eigenvalue weighted by molar-refractivity contribution is 9.10. The van der Waals surface area contributed by atoms with Crippen LogP contribution in [0.2, 0.25) is 0 Å². The Morgan fingerprint density at radius 1 is 1.23 bits per heavy atom. The molecule has 2 amide bonds. The van der Waals surface area contributed by atoms with Gasteiger partial charge in [-0.3, -0.25) is 9.59 Å². The third kappa shape index (κ3) is 3.06. The van der Waals surface area contributed by atoms with Crippen LogP contribution in [0.5, 0.6) is 0 Å². The van der Waals surface area contributed by atoms with Gasteiger partial charge in [0.05, 0.1) is 25.2 Å². The van der Waals surface area contributed by atoms with Gasteiger partial charge in [-0.2, -0.15) is 0 Å². The van der Waals surface area contributed by atoms with Gasteiger partial charge in [0, 0.05) is 36.1 Å². The Bertz CT molecular complexity index is 689. The number of hydrogen-bond donors (Lipinski definition) is 1. The molecular weight excluding hydrogens is 400 g/mol. The largest absolute Gasteiger partial charge is 0.394 e. The van der Waals surface area contributed by atoms with E-state index in [-0.39, 0.29) is 48.9 Å². The van der Waals surface area contributed by atoms with Gasteiger partial charge >= 0.3 is 0 Å². The lowest BCUT2D eigenvalue weighted by Gasteiger charge is -2.59. The SMILES string of the molecule is O=C(C1CCOCC1)N1CC(=O)N2[C@H](CO)[C@H](c3ccc(Br)cc3)[C@@H]2C1. The monoisotopic (exact) mass is 422 g/mol. The van der Waals surface area contributed by atoms with Crippen LogP contribution in [0.4, 0.5) is 0 Å². The maximum Gasteiger partial charge on any atom is 0.242 e. The van der Waals surface area contributed by atoms with Crippen molar-refractivity contribution >= 4 is 27.7 Å². The fourth-order valence-corrected chi connectivity index (χ4v) is 4.82. The molecule has 1 aromatic carbocycles. The van der Waals surface area contributed by atoms with Crippen LogP contribution >= 0.6 is 15.9 Å². The van der Waals surface area contributed by atoms with Crippen molar-refractivity contribution in [1.29, 1.82) is 0 Å². The molecule has 3 fully saturated rings. The summed E-state index contributed by atoms with van der Waals surface area (Å²) in [5.74, 6) is 0.0302. The number of rotatable bonds is 3.